The average molecular weight is 290 g/mol. The standard InChI is InChI=1S/C14H12ClN3O2/c1-9-13(6-16)17-14-18(9)7-12(20-14)8-19-11-4-2-10(15)3-5-11/h2-5,12H,7-8H2,1H3/t12-/m0/s1. The van der Waals surface area contributed by atoms with Crippen molar-refractivity contribution >= 4 is 11.6 Å². The predicted molar refractivity (Wildman–Crippen MR) is 73.0 cm³/mol. The molecule has 0 unspecified atom stereocenters. The molecule has 102 valence electrons. The monoisotopic (exact) mass is 289 g/mol. The summed E-state index contributed by atoms with van der Waals surface area (Å²) in [5.74, 6) is 0.747. The molecule has 0 radical (unpaired) electrons. The van der Waals surface area contributed by atoms with Crippen LogP contribution in [0.2, 0.25) is 5.02 Å². The first kappa shape index (κ1) is 12.8. The summed E-state index contributed by atoms with van der Waals surface area (Å²) in [5, 5.41) is 9.57. The maximum absolute atomic E-state index is 8.90. The molecule has 0 fully saturated rings. The molecule has 0 saturated heterocycles. The zero-order valence-electron chi connectivity index (χ0n) is 10.8. The zero-order valence-corrected chi connectivity index (χ0v) is 11.6. The van der Waals surface area contributed by atoms with Crippen LogP contribution in [0, 0.1) is 18.3 Å². The van der Waals surface area contributed by atoms with E-state index in [-0.39, 0.29) is 6.10 Å². The molecule has 3 rings (SSSR count). The molecule has 1 aliphatic heterocycles. The average Bonchev–Trinajstić information content (AvgIpc) is 2.98. The molecule has 0 amide bonds. The Hall–Kier alpha value is -2.19. The van der Waals surface area contributed by atoms with Crippen LogP contribution in [0.5, 0.6) is 11.8 Å². The number of aromatic nitrogens is 2. The van der Waals surface area contributed by atoms with Crippen LogP contribution >= 0.6 is 11.6 Å². The highest BCUT2D eigenvalue weighted by molar-refractivity contribution is 6.30. The highest BCUT2D eigenvalue weighted by Gasteiger charge is 2.28. The first-order valence-corrected chi connectivity index (χ1v) is 6.57. The van der Waals surface area contributed by atoms with Gasteiger partial charge >= 0.3 is 0 Å². The van der Waals surface area contributed by atoms with Gasteiger partial charge in [0.25, 0.3) is 6.01 Å². The molecule has 1 aromatic carbocycles. The van der Waals surface area contributed by atoms with Crippen LogP contribution in [-0.2, 0) is 6.54 Å². The Labute approximate surface area is 121 Å². The minimum Gasteiger partial charge on any atom is -0.490 e. The van der Waals surface area contributed by atoms with Crippen LogP contribution in [0.3, 0.4) is 0 Å². The van der Waals surface area contributed by atoms with E-state index in [0.29, 0.717) is 29.9 Å². The summed E-state index contributed by atoms with van der Waals surface area (Å²) in [4.78, 5) is 4.13. The Balaban J connectivity index is 1.62. The molecule has 0 N–H and O–H groups in total. The molecular weight excluding hydrogens is 278 g/mol. The first-order valence-electron chi connectivity index (χ1n) is 6.19. The van der Waals surface area contributed by atoms with Crippen molar-refractivity contribution in [2.24, 2.45) is 0 Å². The van der Waals surface area contributed by atoms with Gasteiger partial charge in [-0.3, -0.25) is 4.57 Å². The number of benzene rings is 1. The van der Waals surface area contributed by atoms with Gasteiger partial charge in [-0.15, -0.1) is 0 Å². The molecular formula is C14H12ClN3O2. The van der Waals surface area contributed by atoms with E-state index in [9.17, 15) is 0 Å². The molecule has 1 atom stereocenters. The second-order valence-electron chi connectivity index (χ2n) is 4.56. The van der Waals surface area contributed by atoms with Crippen molar-refractivity contribution in [3.05, 3.63) is 40.7 Å². The van der Waals surface area contributed by atoms with Gasteiger partial charge in [0.05, 0.1) is 12.2 Å². The highest BCUT2D eigenvalue weighted by atomic mass is 35.5. The van der Waals surface area contributed by atoms with Crippen molar-refractivity contribution in [3.63, 3.8) is 0 Å². The molecule has 6 heteroatoms. The number of hydrogen-bond donors (Lipinski definition) is 0. The summed E-state index contributed by atoms with van der Waals surface area (Å²) in [5.41, 5.74) is 1.24. The second kappa shape index (κ2) is 5.06. The Morgan fingerprint density at radius 3 is 2.90 bits per heavy atom. The lowest BCUT2D eigenvalue weighted by Crippen LogP contribution is -2.24. The Morgan fingerprint density at radius 1 is 1.50 bits per heavy atom. The van der Waals surface area contributed by atoms with Crippen molar-refractivity contribution in [2.75, 3.05) is 6.61 Å². The van der Waals surface area contributed by atoms with Crippen molar-refractivity contribution in [1.29, 1.82) is 5.26 Å². The third-order valence-electron chi connectivity index (χ3n) is 3.20. The zero-order chi connectivity index (χ0) is 14.1. The summed E-state index contributed by atoms with van der Waals surface area (Å²) in [6.07, 6.45) is -0.0976. The number of imidazole rings is 1. The van der Waals surface area contributed by atoms with Crippen molar-refractivity contribution in [3.8, 4) is 17.8 Å². The quantitative estimate of drug-likeness (QED) is 0.871. The molecule has 5 nitrogen and oxygen atoms in total. The lowest BCUT2D eigenvalue weighted by Gasteiger charge is -2.11. The molecule has 2 aromatic rings. The van der Waals surface area contributed by atoms with Gasteiger partial charge in [0.1, 0.15) is 18.4 Å². The summed E-state index contributed by atoms with van der Waals surface area (Å²) < 4.78 is 13.2. The Bertz CT molecular complexity index is 673. The van der Waals surface area contributed by atoms with Crippen molar-refractivity contribution in [1.82, 2.24) is 9.55 Å². The molecule has 1 aliphatic rings. The minimum absolute atomic E-state index is 0.0976. The number of halogens is 1. The maximum atomic E-state index is 8.90. The normalized spacial score (nSPS) is 16.4. The van der Waals surface area contributed by atoms with E-state index in [1.807, 2.05) is 29.7 Å². The second-order valence-corrected chi connectivity index (χ2v) is 4.99. The predicted octanol–water partition coefficient (Wildman–Crippen LogP) is 2.56. The third-order valence-corrected chi connectivity index (χ3v) is 3.45. The van der Waals surface area contributed by atoms with E-state index in [1.165, 1.54) is 0 Å². The summed E-state index contributed by atoms with van der Waals surface area (Å²) in [6.45, 7) is 2.93. The molecule has 0 spiro atoms. The summed E-state index contributed by atoms with van der Waals surface area (Å²) >= 11 is 5.81. The number of rotatable bonds is 3. The van der Waals surface area contributed by atoms with E-state index in [1.54, 1.807) is 12.1 Å². The smallest absolute Gasteiger partial charge is 0.298 e. The lowest BCUT2D eigenvalue weighted by atomic mass is 10.3. The summed E-state index contributed by atoms with van der Waals surface area (Å²) in [6, 6.07) is 9.72. The fourth-order valence-corrected chi connectivity index (χ4v) is 2.24. The Morgan fingerprint density at radius 2 is 2.25 bits per heavy atom. The Kier molecular flexibility index (Phi) is 3.25. The van der Waals surface area contributed by atoms with Crippen LogP contribution in [0.15, 0.2) is 24.3 Å². The van der Waals surface area contributed by atoms with E-state index in [4.69, 9.17) is 26.3 Å². The van der Waals surface area contributed by atoms with Gasteiger partial charge in [-0.2, -0.15) is 10.2 Å². The lowest BCUT2D eigenvalue weighted by molar-refractivity contribution is 0.143. The molecule has 0 aliphatic carbocycles. The largest absolute Gasteiger partial charge is 0.490 e. The number of hydrogen-bond acceptors (Lipinski definition) is 4. The van der Waals surface area contributed by atoms with Gasteiger partial charge in [-0.05, 0) is 31.2 Å². The number of ether oxygens (including phenoxy) is 2. The number of nitrogens with zero attached hydrogens (tertiary/aromatic N) is 3. The van der Waals surface area contributed by atoms with E-state index in [2.05, 4.69) is 4.98 Å². The van der Waals surface area contributed by atoms with E-state index >= 15 is 0 Å². The number of fused-ring (bicyclic) bond motifs is 1. The van der Waals surface area contributed by atoms with Gasteiger partial charge in [0, 0.05) is 5.02 Å². The van der Waals surface area contributed by atoms with Crippen LogP contribution in [0.1, 0.15) is 11.4 Å². The van der Waals surface area contributed by atoms with E-state index < -0.39 is 0 Å². The molecule has 2 heterocycles. The minimum atomic E-state index is -0.0976. The fraction of sp³-hybridized carbons (Fsp3) is 0.286. The molecule has 0 saturated carbocycles. The SMILES string of the molecule is Cc1c(C#N)nc2n1C[C@@H](COc1ccc(Cl)cc1)O2. The van der Waals surface area contributed by atoms with Gasteiger partial charge in [-0.25, -0.2) is 0 Å². The van der Waals surface area contributed by atoms with Crippen LogP contribution < -0.4 is 9.47 Å². The molecule has 0 bridgehead atoms. The van der Waals surface area contributed by atoms with Gasteiger partial charge in [0.2, 0.25) is 0 Å². The van der Waals surface area contributed by atoms with Gasteiger partial charge in [-0.1, -0.05) is 11.6 Å². The third kappa shape index (κ3) is 2.30. The molecule has 1 aromatic heterocycles. The number of nitriles is 1. The van der Waals surface area contributed by atoms with Crippen LogP contribution in [-0.4, -0.2) is 22.3 Å². The van der Waals surface area contributed by atoms with Gasteiger partial charge < -0.3 is 9.47 Å². The van der Waals surface area contributed by atoms with E-state index in [0.717, 1.165) is 11.4 Å². The van der Waals surface area contributed by atoms with Crippen LogP contribution in [0.25, 0.3) is 0 Å². The highest BCUT2D eigenvalue weighted by Crippen LogP contribution is 2.25. The van der Waals surface area contributed by atoms with Gasteiger partial charge in [0.15, 0.2) is 11.8 Å². The maximum Gasteiger partial charge on any atom is 0.298 e. The topological polar surface area (TPSA) is 60.1 Å². The molecule has 20 heavy (non-hydrogen) atoms. The fourth-order valence-electron chi connectivity index (χ4n) is 2.12. The first-order chi connectivity index (χ1) is 9.67. The van der Waals surface area contributed by atoms with Crippen molar-refractivity contribution < 1.29 is 9.47 Å². The van der Waals surface area contributed by atoms with Crippen LogP contribution in [0.4, 0.5) is 0 Å². The van der Waals surface area contributed by atoms with Crippen molar-refractivity contribution in [2.45, 2.75) is 19.6 Å². The summed E-state index contributed by atoms with van der Waals surface area (Å²) in [7, 11) is 0.